The van der Waals surface area contributed by atoms with Crippen LogP contribution in [0.5, 0.6) is 0 Å². The average molecular weight is 244 g/mol. The van der Waals surface area contributed by atoms with Gasteiger partial charge in [-0.3, -0.25) is 0 Å². The van der Waals surface area contributed by atoms with Crippen LogP contribution in [0.15, 0.2) is 41.0 Å². The van der Waals surface area contributed by atoms with E-state index >= 15 is 0 Å². The fraction of sp³-hybridized carbons (Fsp3) is 0.375. The number of benzene rings is 1. The summed E-state index contributed by atoms with van der Waals surface area (Å²) < 4.78 is 5.24. The second-order valence-corrected chi connectivity index (χ2v) is 5.24. The zero-order valence-electron chi connectivity index (χ0n) is 11.2. The van der Waals surface area contributed by atoms with E-state index in [-0.39, 0.29) is 0 Å². The van der Waals surface area contributed by atoms with Gasteiger partial charge in [-0.05, 0) is 36.5 Å². The molecule has 1 N–H and O–H groups in total. The molecule has 2 nitrogen and oxygen atoms in total. The summed E-state index contributed by atoms with van der Waals surface area (Å²) >= 11 is 0. The van der Waals surface area contributed by atoms with Gasteiger partial charge in [-0.1, -0.05) is 38.1 Å². The van der Waals surface area contributed by atoms with E-state index < -0.39 is 6.10 Å². The lowest BCUT2D eigenvalue weighted by Crippen LogP contribution is -2.00. The number of aryl methyl sites for hydroxylation is 1. The third kappa shape index (κ3) is 3.02. The maximum Gasteiger partial charge on any atom is 0.107 e. The van der Waals surface area contributed by atoms with E-state index in [1.165, 1.54) is 5.56 Å². The fourth-order valence-corrected chi connectivity index (χ4v) is 2.16. The molecule has 1 atom stereocenters. The highest BCUT2D eigenvalue weighted by atomic mass is 16.3. The monoisotopic (exact) mass is 244 g/mol. The smallest absolute Gasteiger partial charge is 0.107 e. The molecule has 0 bridgehead atoms. The first kappa shape index (κ1) is 12.9. The summed E-state index contributed by atoms with van der Waals surface area (Å²) in [7, 11) is 0. The highest BCUT2D eigenvalue weighted by molar-refractivity contribution is 5.32. The zero-order chi connectivity index (χ0) is 13.1. The van der Waals surface area contributed by atoms with Crippen molar-refractivity contribution in [2.75, 3.05) is 0 Å². The molecule has 96 valence electrons. The molecule has 1 heterocycles. The van der Waals surface area contributed by atoms with Gasteiger partial charge in [0.25, 0.3) is 0 Å². The summed E-state index contributed by atoms with van der Waals surface area (Å²) in [5, 5.41) is 10.3. The van der Waals surface area contributed by atoms with E-state index in [0.717, 1.165) is 23.3 Å². The van der Waals surface area contributed by atoms with Gasteiger partial charge in [0.05, 0.1) is 6.26 Å². The standard InChI is InChI=1S/C16H20O2/c1-11(2)7-13-5-4-6-14(9-13)16(17)15-8-12(3)18-10-15/h4-6,8-11,16-17H,7H2,1-3H3. The van der Waals surface area contributed by atoms with Crippen molar-refractivity contribution in [2.24, 2.45) is 5.92 Å². The van der Waals surface area contributed by atoms with E-state index in [0.29, 0.717) is 5.92 Å². The Kier molecular flexibility index (Phi) is 3.87. The lowest BCUT2D eigenvalue weighted by atomic mass is 9.97. The van der Waals surface area contributed by atoms with Gasteiger partial charge in [-0.15, -0.1) is 0 Å². The topological polar surface area (TPSA) is 33.4 Å². The molecule has 0 aliphatic rings. The number of hydrogen-bond acceptors (Lipinski definition) is 2. The minimum Gasteiger partial charge on any atom is -0.469 e. The lowest BCUT2D eigenvalue weighted by molar-refractivity contribution is 0.219. The van der Waals surface area contributed by atoms with Crippen molar-refractivity contribution in [3.05, 3.63) is 59.0 Å². The van der Waals surface area contributed by atoms with Gasteiger partial charge in [-0.25, -0.2) is 0 Å². The Morgan fingerprint density at radius 3 is 2.56 bits per heavy atom. The Morgan fingerprint density at radius 1 is 1.17 bits per heavy atom. The molecular formula is C16H20O2. The molecule has 2 aromatic rings. The molecule has 2 rings (SSSR count). The molecule has 18 heavy (non-hydrogen) atoms. The van der Waals surface area contributed by atoms with Crippen molar-refractivity contribution in [1.29, 1.82) is 0 Å². The number of hydrogen-bond donors (Lipinski definition) is 1. The van der Waals surface area contributed by atoms with Gasteiger partial charge in [0.1, 0.15) is 11.9 Å². The van der Waals surface area contributed by atoms with E-state index in [2.05, 4.69) is 26.0 Å². The van der Waals surface area contributed by atoms with Crippen LogP contribution in [-0.2, 0) is 6.42 Å². The van der Waals surface area contributed by atoms with Crippen LogP contribution in [-0.4, -0.2) is 5.11 Å². The number of rotatable bonds is 4. The second-order valence-electron chi connectivity index (χ2n) is 5.24. The molecule has 0 saturated carbocycles. The van der Waals surface area contributed by atoms with Gasteiger partial charge < -0.3 is 9.52 Å². The summed E-state index contributed by atoms with van der Waals surface area (Å²) in [5.74, 6) is 1.44. The zero-order valence-corrected chi connectivity index (χ0v) is 11.2. The highest BCUT2D eigenvalue weighted by Crippen LogP contribution is 2.24. The Balaban J connectivity index is 2.22. The number of aliphatic hydroxyl groups excluding tert-OH is 1. The molecule has 0 aliphatic heterocycles. The molecule has 2 heteroatoms. The summed E-state index contributed by atoms with van der Waals surface area (Å²) in [6.07, 6.45) is 2.05. The van der Waals surface area contributed by atoms with Crippen molar-refractivity contribution < 1.29 is 9.52 Å². The Labute approximate surface area is 108 Å². The van der Waals surface area contributed by atoms with Crippen molar-refractivity contribution in [1.82, 2.24) is 0 Å². The van der Waals surface area contributed by atoms with Crippen LogP contribution in [0, 0.1) is 12.8 Å². The Hall–Kier alpha value is -1.54. The SMILES string of the molecule is Cc1cc(C(O)c2cccc(CC(C)C)c2)co1. The Bertz CT molecular complexity index is 511. The fourth-order valence-electron chi connectivity index (χ4n) is 2.16. The van der Waals surface area contributed by atoms with Gasteiger partial charge in [0, 0.05) is 5.56 Å². The predicted molar refractivity (Wildman–Crippen MR) is 72.5 cm³/mol. The maximum atomic E-state index is 10.3. The first-order valence-corrected chi connectivity index (χ1v) is 6.38. The summed E-state index contributed by atoms with van der Waals surface area (Å²) in [6, 6.07) is 10.0. The van der Waals surface area contributed by atoms with Gasteiger partial charge in [-0.2, -0.15) is 0 Å². The maximum absolute atomic E-state index is 10.3. The molecule has 1 aromatic carbocycles. The van der Waals surface area contributed by atoms with Crippen LogP contribution in [0.1, 0.15) is 42.4 Å². The third-order valence-electron chi connectivity index (χ3n) is 2.98. The highest BCUT2D eigenvalue weighted by Gasteiger charge is 2.13. The van der Waals surface area contributed by atoms with E-state index in [1.807, 2.05) is 25.1 Å². The van der Waals surface area contributed by atoms with E-state index in [1.54, 1.807) is 6.26 Å². The van der Waals surface area contributed by atoms with Crippen molar-refractivity contribution in [3.63, 3.8) is 0 Å². The van der Waals surface area contributed by atoms with Crippen LogP contribution in [0.25, 0.3) is 0 Å². The summed E-state index contributed by atoms with van der Waals surface area (Å²) in [5.41, 5.74) is 3.00. The molecule has 0 amide bonds. The molecule has 0 fully saturated rings. The second kappa shape index (κ2) is 5.40. The molecule has 1 aromatic heterocycles. The first-order chi connectivity index (χ1) is 8.56. The minimum atomic E-state index is -0.602. The van der Waals surface area contributed by atoms with Gasteiger partial charge in [0.2, 0.25) is 0 Å². The molecule has 0 radical (unpaired) electrons. The van der Waals surface area contributed by atoms with Crippen LogP contribution >= 0.6 is 0 Å². The largest absolute Gasteiger partial charge is 0.469 e. The number of furan rings is 1. The third-order valence-corrected chi connectivity index (χ3v) is 2.98. The van der Waals surface area contributed by atoms with Crippen molar-refractivity contribution >= 4 is 0 Å². The molecule has 1 unspecified atom stereocenters. The molecule has 0 saturated heterocycles. The normalized spacial score (nSPS) is 12.9. The van der Waals surface area contributed by atoms with Crippen molar-refractivity contribution in [3.8, 4) is 0 Å². The average Bonchev–Trinajstić information content (AvgIpc) is 2.74. The van der Waals surface area contributed by atoms with E-state index in [4.69, 9.17) is 4.42 Å². The molecular weight excluding hydrogens is 224 g/mol. The molecule has 0 aliphatic carbocycles. The lowest BCUT2D eigenvalue weighted by Gasteiger charge is -2.11. The summed E-state index contributed by atoms with van der Waals surface area (Å²) in [6.45, 7) is 6.27. The predicted octanol–water partition coefficient (Wildman–Crippen LogP) is 3.87. The van der Waals surface area contributed by atoms with Crippen LogP contribution in [0.2, 0.25) is 0 Å². The van der Waals surface area contributed by atoms with Crippen molar-refractivity contribution in [2.45, 2.75) is 33.3 Å². The van der Waals surface area contributed by atoms with Crippen LogP contribution < -0.4 is 0 Å². The first-order valence-electron chi connectivity index (χ1n) is 6.38. The van der Waals surface area contributed by atoms with E-state index in [9.17, 15) is 5.11 Å². The van der Waals surface area contributed by atoms with Crippen LogP contribution in [0.4, 0.5) is 0 Å². The Morgan fingerprint density at radius 2 is 1.94 bits per heavy atom. The quantitative estimate of drug-likeness (QED) is 0.885. The van der Waals surface area contributed by atoms with Gasteiger partial charge in [0.15, 0.2) is 0 Å². The minimum absolute atomic E-state index is 0.602. The molecule has 0 spiro atoms. The van der Waals surface area contributed by atoms with Gasteiger partial charge >= 0.3 is 0 Å². The summed E-state index contributed by atoms with van der Waals surface area (Å²) in [4.78, 5) is 0. The van der Waals surface area contributed by atoms with Crippen LogP contribution in [0.3, 0.4) is 0 Å². The number of aliphatic hydroxyl groups is 1.